The lowest BCUT2D eigenvalue weighted by molar-refractivity contribution is -0.130. The van der Waals surface area contributed by atoms with Crippen molar-refractivity contribution in [2.45, 2.75) is 38.5 Å². The van der Waals surface area contributed by atoms with Crippen LogP contribution in [0.4, 0.5) is 0 Å². The second kappa shape index (κ2) is 11.0. The molecule has 156 valence electrons. The quantitative estimate of drug-likeness (QED) is 0.650. The molecule has 0 radical (unpaired) electrons. The Hall–Kier alpha value is -2.34. The van der Waals surface area contributed by atoms with Gasteiger partial charge in [-0.25, -0.2) is 0 Å². The van der Waals surface area contributed by atoms with E-state index in [1.807, 2.05) is 37.3 Å². The summed E-state index contributed by atoms with van der Waals surface area (Å²) in [6.45, 7) is 1.35. The lowest BCUT2D eigenvalue weighted by Crippen LogP contribution is -2.32. The van der Waals surface area contributed by atoms with Gasteiger partial charge in [-0.15, -0.1) is 0 Å². The summed E-state index contributed by atoms with van der Waals surface area (Å²) in [4.78, 5) is 23.0. The van der Waals surface area contributed by atoms with E-state index in [1.54, 1.807) is 0 Å². The van der Waals surface area contributed by atoms with E-state index in [0.29, 0.717) is 19.3 Å². The second-order valence-electron chi connectivity index (χ2n) is 7.68. The summed E-state index contributed by atoms with van der Waals surface area (Å²) in [5, 5.41) is 26.0. The summed E-state index contributed by atoms with van der Waals surface area (Å²) in [6, 6.07) is 18.4. The third-order valence-electron chi connectivity index (χ3n) is 5.59. The Morgan fingerprint density at radius 2 is 1.28 bits per heavy atom. The third kappa shape index (κ3) is 6.32. The normalized spacial score (nSPS) is 15.0. The van der Waals surface area contributed by atoms with Crippen molar-refractivity contribution in [1.82, 2.24) is 0 Å². The van der Waals surface area contributed by atoms with E-state index in [4.69, 9.17) is 15.3 Å². The van der Waals surface area contributed by atoms with Gasteiger partial charge in [0.25, 0.3) is 0 Å². The van der Waals surface area contributed by atoms with Gasteiger partial charge in [-0.3, -0.25) is 9.59 Å². The zero-order chi connectivity index (χ0) is 21.3. The van der Waals surface area contributed by atoms with Gasteiger partial charge in [0.2, 0.25) is 0 Å². The Labute approximate surface area is 172 Å². The average molecular weight is 398 g/mol. The molecule has 0 heterocycles. The van der Waals surface area contributed by atoms with Crippen LogP contribution in [0, 0.1) is 5.41 Å². The van der Waals surface area contributed by atoms with Crippen molar-refractivity contribution in [3.8, 4) is 11.1 Å². The first-order valence-corrected chi connectivity index (χ1v) is 9.98. The summed E-state index contributed by atoms with van der Waals surface area (Å²) in [6.07, 6.45) is 1.71. The van der Waals surface area contributed by atoms with E-state index >= 15 is 0 Å². The molecule has 3 rings (SSSR count). The molecule has 0 spiro atoms. The highest BCUT2D eigenvalue weighted by Crippen LogP contribution is 2.30. The largest absolute Gasteiger partial charge is 0.396 e. The molecular weight excluding hydrogens is 368 g/mol. The van der Waals surface area contributed by atoms with E-state index in [-0.39, 0.29) is 43.7 Å². The summed E-state index contributed by atoms with van der Waals surface area (Å²) in [5.41, 5.74) is 2.75. The van der Waals surface area contributed by atoms with Crippen molar-refractivity contribution in [2.24, 2.45) is 5.41 Å². The first-order chi connectivity index (χ1) is 14.0. The number of benzene rings is 2. The Bertz CT molecular complexity index is 745. The standard InChI is InChI=1S/C18H16O2.C6H14O3/c19-17-10-16(11-18(20)12-17)15-8-6-14(7-9-15)13-4-2-1-3-5-13;1-2-6(3-7,4-8)5-9/h1-9,16H,10-12H2;7-9H,2-5H2,1H3. The van der Waals surface area contributed by atoms with Crippen LogP contribution < -0.4 is 0 Å². The predicted molar refractivity (Wildman–Crippen MR) is 112 cm³/mol. The molecule has 0 atom stereocenters. The van der Waals surface area contributed by atoms with E-state index in [9.17, 15) is 9.59 Å². The van der Waals surface area contributed by atoms with Gasteiger partial charge >= 0.3 is 0 Å². The van der Waals surface area contributed by atoms with Crippen LogP contribution >= 0.6 is 0 Å². The molecule has 5 heteroatoms. The monoisotopic (exact) mass is 398 g/mol. The SMILES string of the molecule is CCC(CO)(CO)CO.O=C1CC(=O)CC(c2ccc(-c3ccccc3)cc2)C1. The fraction of sp³-hybridized carbons (Fsp3) is 0.417. The molecule has 5 nitrogen and oxygen atoms in total. The van der Waals surface area contributed by atoms with Gasteiger partial charge in [-0.05, 0) is 29.0 Å². The second-order valence-corrected chi connectivity index (χ2v) is 7.68. The Kier molecular flexibility index (Phi) is 8.70. The maximum atomic E-state index is 11.5. The number of rotatable bonds is 6. The third-order valence-corrected chi connectivity index (χ3v) is 5.59. The van der Waals surface area contributed by atoms with Crippen molar-refractivity contribution < 1.29 is 24.9 Å². The number of carbonyl (C=O) groups excluding carboxylic acids is 2. The van der Waals surface area contributed by atoms with Gasteiger partial charge in [-0.1, -0.05) is 61.5 Å². The number of hydrogen-bond acceptors (Lipinski definition) is 5. The summed E-state index contributed by atoms with van der Waals surface area (Å²) in [7, 11) is 0. The molecule has 0 aliphatic heterocycles. The number of Topliss-reactive ketones (excluding diaryl/α,β-unsaturated/α-hetero) is 2. The van der Waals surface area contributed by atoms with Crippen LogP contribution in [-0.4, -0.2) is 46.7 Å². The minimum atomic E-state index is -0.667. The first-order valence-electron chi connectivity index (χ1n) is 9.98. The van der Waals surface area contributed by atoms with Crippen molar-refractivity contribution >= 4 is 11.6 Å². The molecule has 0 bridgehead atoms. The molecule has 0 aromatic heterocycles. The van der Waals surface area contributed by atoms with Gasteiger partial charge < -0.3 is 15.3 Å². The Morgan fingerprint density at radius 3 is 1.69 bits per heavy atom. The van der Waals surface area contributed by atoms with Crippen molar-refractivity contribution in [2.75, 3.05) is 19.8 Å². The smallest absolute Gasteiger partial charge is 0.140 e. The fourth-order valence-corrected chi connectivity index (χ4v) is 3.29. The lowest BCUT2D eigenvalue weighted by atomic mass is 9.82. The molecule has 0 amide bonds. The number of aliphatic hydroxyl groups is 3. The number of ketones is 2. The van der Waals surface area contributed by atoms with E-state index < -0.39 is 5.41 Å². The minimum Gasteiger partial charge on any atom is -0.396 e. The number of aliphatic hydroxyl groups excluding tert-OH is 3. The van der Waals surface area contributed by atoms with Gasteiger partial charge in [0, 0.05) is 18.3 Å². The Balaban J connectivity index is 0.000000284. The van der Waals surface area contributed by atoms with E-state index in [1.165, 1.54) is 5.56 Å². The first kappa shape index (κ1) is 22.9. The highest BCUT2D eigenvalue weighted by Gasteiger charge is 2.26. The maximum Gasteiger partial charge on any atom is 0.140 e. The highest BCUT2D eigenvalue weighted by atomic mass is 16.3. The fourth-order valence-electron chi connectivity index (χ4n) is 3.29. The number of carbonyl (C=O) groups is 2. The van der Waals surface area contributed by atoms with Crippen molar-refractivity contribution in [3.63, 3.8) is 0 Å². The summed E-state index contributed by atoms with van der Waals surface area (Å²) >= 11 is 0. The molecule has 29 heavy (non-hydrogen) atoms. The van der Waals surface area contributed by atoms with Crippen molar-refractivity contribution in [3.05, 3.63) is 60.2 Å². The summed E-state index contributed by atoms with van der Waals surface area (Å²) in [5.74, 6) is 0.199. The molecule has 1 aliphatic rings. The molecule has 1 aliphatic carbocycles. The van der Waals surface area contributed by atoms with Crippen LogP contribution in [0.2, 0.25) is 0 Å². The van der Waals surface area contributed by atoms with Gasteiger partial charge in [-0.2, -0.15) is 0 Å². The van der Waals surface area contributed by atoms with Crippen LogP contribution in [0.3, 0.4) is 0 Å². The average Bonchev–Trinajstić information content (AvgIpc) is 2.76. The van der Waals surface area contributed by atoms with Gasteiger partial charge in [0.15, 0.2) is 0 Å². The molecular formula is C24H30O5. The molecule has 1 saturated carbocycles. The minimum absolute atomic E-state index is 0.0635. The predicted octanol–water partition coefficient (Wildman–Crippen LogP) is 3.12. The zero-order valence-corrected chi connectivity index (χ0v) is 16.9. The highest BCUT2D eigenvalue weighted by molar-refractivity contribution is 6.02. The van der Waals surface area contributed by atoms with Crippen LogP contribution in [0.15, 0.2) is 54.6 Å². The molecule has 0 unspecified atom stereocenters. The van der Waals surface area contributed by atoms with Crippen LogP contribution in [0.25, 0.3) is 11.1 Å². The summed E-state index contributed by atoms with van der Waals surface area (Å²) < 4.78 is 0. The van der Waals surface area contributed by atoms with Gasteiger partial charge in [0.1, 0.15) is 11.6 Å². The molecule has 2 aromatic carbocycles. The topological polar surface area (TPSA) is 94.8 Å². The molecule has 3 N–H and O–H groups in total. The maximum absolute atomic E-state index is 11.5. The molecule has 1 fully saturated rings. The number of hydrogen-bond donors (Lipinski definition) is 3. The lowest BCUT2D eigenvalue weighted by Gasteiger charge is -2.24. The van der Waals surface area contributed by atoms with Gasteiger partial charge in [0.05, 0.1) is 26.2 Å². The van der Waals surface area contributed by atoms with Crippen LogP contribution in [0.5, 0.6) is 0 Å². The zero-order valence-electron chi connectivity index (χ0n) is 16.9. The Morgan fingerprint density at radius 1 is 0.793 bits per heavy atom. The molecule has 2 aromatic rings. The van der Waals surface area contributed by atoms with E-state index in [2.05, 4.69) is 24.3 Å². The van der Waals surface area contributed by atoms with Crippen LogP contribution in [0.1, 0.15) is 44.1 Å². The van der Waals surface area contributed by atoms with Crippen LogP contribution in [-0.2, 0) is 9.59 Å². The molecule has 0 saturated heterocycles. The van der Waals surface area contributed by atoms with E-state index in [0.717, 1.165) is 11.1 Å². The van der Waals surface area contributed by atoms with Crippen molar-refractivity contribution in [1.29, 1.82) is 0 Å².